The molecule has 6 unspecified atom stereocenters. The normalized spacial score (nSPS) is 50.3. The highest BCUT2D eigenvalue weighted by Gasteiger charge is 2.77. The maximum absolute atomic E-state index is 11.3. The average Bonchev–Trinajstić information content (AvgIpc) is 2.84. The van der Waals surface area contributed by atoms with Crippen molar-refractivity contribution < 1.29 is 5.11 Å². The maximum Gasteiger partial charge on any atom is 0.0738 e. The molecule has 3 aliphatic rings. The highest BCUT2D eigenvalue weighted by Crippen LogP contribution is 2.78. The van der Waals surface area contributed by atoms with E-state index in [1.54, 1.807) is 5.57 Å². The van der Waals surface area contributed by atoms with Crippen molar-refractivity contribution in [2.75, 3.05) is 0 Å². The van der Waals surface area contributed by atoms with E-state index in [0.717, 1.165) is 12.8 Å². The number of allylic oxidation sites excluding steroid dienone is 4. The van der Waals surface area contributed by atoms with Crippen molar-refractivity contribution in [2.24, 2.45) is 28.6 Å². The Bertz CT molecular complexity index is 526. The molecular formula is C21H34O. The molecule has 0 spiro atoms. The molecular weight excluding hydrogens is 268 g/mol. The molecule has 1 N–H and O–H groups in total. The maximum atomic E-state index is 11.3. The van der Waals surface area contributed by atoms with Crippen molar-refractivity contribution in [1.82, 2.24) is 0 Å². The average molecular weight is 303 g/mol. The van der Waals surface area contributed by atoms with Crippen molar-refractivity contribution >= 4 is 0 Å². The minimum Gasteiger partial charge on any atom is -0.389 e. The third-order valence-electron chi connectivity index (χ3n) is 7.88. The van der Waals surface area contributed by atoms with Gasteiger partial charge in [0.25, 0.3) is 0 Å². The van der Waals surface area contributed by atoms with E-state index >= 15 is 0 Å². The molecule has 3 aliphatic carbocycles. The van der Waals surface area contributed by atoms with Crippen molar-refractivity contribution in [3.63, 3.8) is 0 Å². The summed E-state index contributed by atoms with van der Waals surface area (Å²) in [6.07, 6.45) is 10.5. The van der Waals surface area contributed by atoms with Crippen LogP contribution in [-0.4, -0.2) is 10.7 Å². The van der Waals surface area contributed by atoms with Gasteiger partial charge >= 0.3 is 0 Å². The summed E-state index contributed by atoms with van der Waals surface area (Å²) in [5, 5.41) is 11.3. The molecule has 1 nitrogen and oxygen atoms in total. The minimum absolute atomic E-state index is 0.156. The summed E-state index contributed by atoms with van der Waals surface area (Å²) in [5.41, 5.74) is 3.03. The van der Waals surface area contributed by atoms with Gasteiger partial charge in [0.05, 0.1) is 5.60 Å². The molecule has 1 heteroatoms. The van der Waals surface area contributed by atoms with Crippen LogP contribution in [0, 0.1) is 28.6 Å². The molecule has 3 rings (SSSR count). The first-order chi connectivity index (χ1) is 10.2. The summed E-state index contributed by atoms with van der Waals surface area (Å²) in [6, 6.07) is 0. The van der Waals surface area contributed by atoms with E-state index in [1.807, 2.05) is 0 Å². The van der Waals surface area contributed by atoms with Gasteiger partial charge in [-0.2, -0.15) is 0 Å². The predicted octanol–water partition coefficient (Wildman–Crippen LogP) is 5.50. The fourth-order valence-corrected chi connectivity index (χ4v) is 6.40. The molecule has 0 saturated heterocycles. The largest absolute Gasteiger partial charge is 0.389 e. The van der Waals surface area contributed by atoms with Crippen LogP contribution in [0.4, 0.5) is 0 Å². The Kier molecular flexibility index (Phi) is 3.68. The standard InChI is InChI=1S/C21H34O/c1-14(2)8-7-9-16(4)19(5)12-13-20(6)18(19)17-15(3)10-11-21(17,20)22/h8-9,15,17-18,22H,7,10-13H2,1-6H3. The lowest BCUT2D eigenvalue weighted by Crippen LogP contribution is -2.68. The van der Waals surface area contributed by atoms with Gasteiger partial charge in [-0.15, -0.1) is 0 Å². The van der Waals surface area contributed by atoms with Crippen LogP contribution in [0.3, 0.4) is 0 Å². The van der Waals surface area contributed by atoms with E-state index in [-0.39, 0.29) is 11.0 Å². The number of aliphatic hydroxyl groups is 1. The van der Waals surface area contributed by atoms with Crippen LogP contribution < -0.4 is 0 Å². The summed E-state index contributed by atoms with van der Waals surface area (Å²) in [7, 11) is 0. The summed E-state index contributed by atoms with van der Waals surface area (Å²) < 4.78 is 0. The highest BCUT2D eigenvalue weighted by molar-refractivity contribution is 5.32. The van der Waals surface area contributed by atoms with Crippen LogP contribution in [0.25, 0.3) is 0 Å². The predicted molar refractivity (Wildman–Crippen MR) is 93.6 cm³/mol. The zero-order valence-corrected chi connectivity index (χ0v) is 15.4. The van der Waals surface area contributed by atoms with Gasteiger partial charge < -0.3 is 5.11 Å². The summed E-state index contributed by atoms with van der Waals surface area (Å²) >= 11 is 0. The number of fused-ring (bicyclic) bond motifs is 4. The SMILES string of the molecule is CC(C)=CCC=C(C)C1(C)CCC2(C)C1C1C(C)CCC12O. The van der Waals surface area contributed by atoms with Gasteiger partial charge in [0.1, 0.15) is 0 Å². The second-order valence-electron chi connectivity index (χ2n) is 9.18. The minimum atomic E-state index is -0.366. The Labute approximate surface area is 136 Å². The second-order valence-corrected chi connectivity index (χ2v) is 9.18. The lowest BCUT2D eigenvalue weighted by Gasteiger charge is -2.65. The quantitative estimate of drug-likeness (QED) is 0.682. The van der Waals surface area contributed by atoms with Crippen molar-refractivity contribution in [3.8, 4) is 0 Å². The molecule has 0 aromatic rings. The molecule has 0 radical (unpaired) electrons. The van der Waals surface area contributed by atoms with E-state index < -0.39 is 0 Å². The molecule has 3 saturated carbocycles. The number of hydrogen-bond acceptors (Lipinski definition) is 1. The molecule has 6 atom stereocenters. The van der Waals surface area contributed by atoms with Gasteiger partial charge in [-0.25, -0.2) is 0 Å². The van der Waals surface area contributed by atoms with Crippen LogP contribution in [0.15, 0.2) is 23.3 Å². The molecule has 3 fully saturated rings. The Morgan fingerprint density at radius 3 is 2.41 bits per heavy atom. The van der Waals surface area contributed by atoms with Crippen LogP contribution in [0.5, 0.6) is 0 Å². The molecule has 22 heavy (non-hydrogen) atoms. The van der Waals surface area contributed by atoms with Crippen molar-refractivity contribution in [3.05, 3.63) is 23.3 Å². The molecule has 0 aromatic heterocycles. The summed E-state index contributed by atoms with van der Waals surface area (Å²) in [6.45, 7) is 13.9. The van der Waals surface area contributed by atoms with Gasteiger partial charge in [0, 0.05) is 5.41 Å². The Morgan fingerprint density at radius 2 is 1.77 bits per heavy atom. The summed E-state index contributed by atoms with van der Waals surface area (Å²) in [5.74, 6) is 1.88. The van der Waals surface area contributed by atoms with E-state index in [4.69, 9.17) is 0 Å². The van der Waals surface area contributed by atoms with Crippen LogP contribution in [0.1, 0.15) is 73.6 Å². The first-order valence-electron chi connectivity index (χ1n) is 9.20. The van der Waals surface area contributed by atoms with Crippen LogP contribution >= 0.6 is 0 Å². The lowest BCUT2D eigenvalue weighted by atomic mass is 9.41. The highest BCUT2D eigenvalue weighted by atomic mass is 16.3. The Morgan fingerprint density at radius 1 is 1.09 bits per heavy atom. The van der Waals surface area contributed by atoms with Gasteiger partial charge in [-0.1, -0.05) is 44.1 Å². The van der Waals surface area contributed by atoms with Gasteiger partial charge in [0.2, 0.25) is 0 Å². The van der Waals surface area contributed by atoms with Crippen molar-refractivity contribution in [2.45, 2.75) is 79.2 Å². The van der Waals surface area contributed by atoms with E-state index in [9.17, 15) is 5.11 Å². The molecule has 0 bridgehead atoms. The topological polar surface area (TPSA) is 20.2 Å². The first kappa shape index (κ1) is 16.3. The zero-order valence-electron chi connectivity index (χ0n) is 15.4. The first-order valence-corrected chi connectivity index (χ1v) is 9.20. The third kappa shape index (κ3) is 1.87. The van der Waals surface area contributed by atoms with E-state index in [0.29, 0.717) is 23.2 Å². The van der Waals surface area contributed by atoms with Gasteiger partial charge in [-0.05, 0) is 76.0 Å². The Hall–Kier alpha value is -0.560. The third-order valence-corrected chi connectivity index (χ3v) is 7.88. The smallest absolute Gasteiger partial charge is 0.0738 e. The van der Waals surface area contributed by atoms with E-state index in [2.05, 4.69) is 53.7 Å². The molecule has 0 amide bonds. The van der Waals surface area contributed by atoms with Crippen molar-refractivity contribution in [1.29, 1.82) is 0 Å². The fourth-order valence-electron chi connectivity index (χ4n) is 6.40. The van der Waals surface area contributed by atoms with Gasteiger partial charge in [-0.3, -0.25) is 0 Å². The zero-order chi connectivity index (χ0) is 16.3. The molecule has 0 aliphatic heterocycles. The number of rotatable bonds is 3. The second kappa shape index (κ2) is 4.97. The van der Waals surface area contributed by atoms with E-state index in [1.165, 1.54) is 24.8 Å². The van der Waals surface area contributed by atoms with Gasteiger partial charge in [0.15, 0.2) is 0 Å². The fraction of sp³-hybridized carbons (Fsp3) is 0.810. The molecule has 0 aromatic carbocycles. The van der Waals surface area contributed by atoms with Crippen LogP contribution in [0.2, 0.25) is 0 Å². The monoisotopic (exact) mass is 302 g/mol. The Balaban J connectivity index is 1.89. The molecule has 0 heterocycles. The number of hydrogen-bond donors (Lipinski definition) is 1. The molecule has 124 valence electrons. The van der Waals surface area contributed by atoms with Crippen LogP contribution in [-0.2, 0) is 0 Å². The lowest BCUT2D eigenvalue weighted by molar-refractivity contribution is -0.251. The summed E-state index contributed by atoms with van der Waals surface area (Å²) in [4.78, 5) is 0.